The second-order valence-electron chi connectivity index (χ2n) is 7.56. The first-order valence-electron chi connectivity index (χ1n) is 9.57. The lowest BCUT2D eigenvalue weighted by Gasteiger charge is -2.47. The van der Waals surface area contributed by atoms with E-state index in [4.69, 9.17) is 9.47 Å². The Morgan fingerprint density at radius 2 is 1.96 bits per heavy atom. The molecule has 0 bridgehead atoms. The lowest BCUT2D eigenvalue weighted by Crippen LogP contribution is -2.63. The number of nitrogens with zero attached hydrogens (tertiary/aromatic N) is 1. The van der Waals surface area contributed by atoms with Crippen LogP contribution in [-0.4, -0.2) is 54.8 Å². The Morgan fingerprint density at radius 1 is 1.24 bits per heavy atom. The number of morpholine rings is 1. The number of hydrogen-bond donors (Lipinski definition) is 1. The second kappa shape index (κ2) is 6.96. The third-order valence-electron chi connectivity index (χ3n) is 6.21. The molecule has 0 unspecified atom stereocenters. The molecule has 5 nitrogen and oxygen atoms in total. The highest BCUT2D eigenvalue weighted by atomic mass is 16.5. The molecule has 1 amide bonds. The molecule has 2 heterocycles. The van der Waals surface area contributed by atoms with Gasteiger partial charge in [-0.15, -0.1) is 0 Å². The van der Waals surface area contributed by atoms with Gasteiger partial charge in [0.2, 0.25) is 0 Å². The van der Waals surface area contributed by atoms with Crippen LogP contribution in [0.3, 0.4) is 0 Å². The fourth-order valence-electron chi connectivity index (χ4n) is 4.79. The molecular formula is C20H28N2O3. The number of para-hydroxylation sites is 1. The Bertz CT molecular complexity index is 596. The van der Waals surface area contributed by atoms with Gasteiger partial charge in [-0.1, -0.05) is 31.0 Å². The van der Waals surface area contributed by atoms with Gasteiger partial charge < -0.3 is 14.8 Å². The molecule has 5 heteroatoms. The van der Waals surface area contributed by atoms with Crippen LogP contribution in [-0.2, 0) is 16.0 Å². The molecule has 1 aliphatic carbocycles. The largest absolute Gasteiger partial charge is 0.480 e. The summed E-state index contributed by atoms with van der Waals surface area (Å²) in [7, 11) is 0. The molecule has 0 radical (unpaired) electrons. The van der Waals surface area contributed by atoms with Crippen LogP contribution in [0, 0.1) is 0 Å². The monoisotopic (exact) mass is 344 g/mol. The highest BCUT2D eigenvalue weighted by Gasteiger charge is 2.45. The first-order chi connectivity index (χ1) is 12.2. The van der Waals surface area contributed by atoms with Gasteiger partial charge in [-0.05, 0) is 31.4 Å². The van der Waals surface area contributed by atoms with Crippen molar-refractivity contribution < 1.29 is 14.3 Å². The van der Waals surface area contributed by atoms with E-state index in [9.17, 15) is 4.79 Å². The molecular weight excluding hydrogens is 316 g/mol. The minimum absolute atomic E-state index is 0.0169. The Balaban J connectivity index is 1.43. The van der Waals surface area contributed by atoms with Crippen molar-refractivity contribution in [2.75, 3.05) is 26.3 Å². The van der Waals surface area contributed by atoms with Gasteiger partial charge in [-0.3, -0.25) is 9.69 Å². The maximum absolute atomic E-state index is 12.8. The second-order valence-corrected chi connectivity index (χ2v) is 7.56. The molecule has 2 aliphatic heterocycles. The van der Waals surface area contributed by atoms with E-state index >= 15 is 0 Å². The number of fused-ring (bicyclic) bond motifs is 1. The molecule has 1 N–H and O–H groups in total. The molecule has 4 rings (SSSR count). The van der Waals surface area contributed by atoms with E-state index in [0.29, 0.717) is 6.42 Å². The predicted octanol–water partition coefficient (Wildman–Crippen LogP) is 2.14. The Morgan fingerprint density at radius 3 is 2.68 bits per heavy atom. The van der Waals surface area contributed by atoms with Crippen molar-refractivity contribution in [2.45, 2.75) is 56.7 Å². The predicted molar refractivity (Wildman–Crippen MR) is 95.8 cm³/mol. The molecule has 0 spiro atoms. The quantitative estimate of drug-likeness (QED) is 0.909. The smallest absolute Gasteiger partial charge is 0.261 e. The number of rotatable bonds is 4. The van der Waals surface area contributed by atoms with E-state index in [1.54, 1.807) is 0 Å². The third kappa shape index (κ3) is 3.15. The van der Waals surface area contributed by atoms with Crippen molar-refractivity contribution >= 4 is 5.91 Å². The highest BCUT2D eigenvalue weighted by Crippen LogP contribution is 2.39. The van der Waals surface area contributed by atoms with Gasteiger partial charge in [0.1, 0.15) is 5.75 Å². The Hall–Kier alpha value is -1.59. The summed E-state index contributed by atoms with van der Waals surface area (Å²) in [5.74, 6) is 0.863. The SMILES string of the molecule is C[C@@H](NC(=O)[C@@H]1Cc2ccccc2O1)C1(N2CCOCC2)CCCC1. The van der Waals surface area contributed by atoms with Crippen molar-refractivity contribution in [3.8, 4) is 5.75 Å². The molecule has 3 aliphatic rings. The number of hydrogen-bond acceptors (Lipinski definition) is 4. The molecule has 2 fully saturated rings. The third-order valence-corrected chi connectivity index (χ3v) is 6.21. The molecule has 25 heavy (non-hydrogen) atoms. The maximum atomic E-state index is 12.8. The highest BCUT2D eigenvalue weighted by molar-refractivity contribution is 5.82. The first-order valence-corrected chi connectivity index (χ1v) is 9.57. The summed E-state index contributed by atoms with van der Waals surface area (Å²) in [6.45, 7) is 5.69. The van der Waals surface area contributed by atoms with Crippen LogP contribution in [0.2, 0.25) is 0 Å². The first kappa shape index (κ1) is 16.9. The van der Waals surface area contributed by atoms with Crippen LogP contribution in [0.5, 0.6) is 5.75 Å². The van der Waals surface area contributed by atoms with E-state index in [1.807, 2.05) is 24.3 Å². The van der Waals surface area contributed by atoms with Crippen LogP contribution < -0.4 is 10.1 Å². The summed E-state index contributed by atoms with van der Waals surface area (Å²) in [6, 6.07) is 8.05. The van der Waals surface area contributed by atoms with Crippen LogP contribution in [0.25, 0.3) is 0 Å². The number of benzene rings is 1. The maximum Gasteiger partial charge on any atom is 0.261 e. The fourth-order valence-corrected chi connectivity index (χ4v) is 4.79. The summed E-state index contributed by atoms with van der Waals surface area (Å²) in [4.78, 5) is 15.4. The van der Waals surface area contributed by atoms with Gasteiger partial charge in [0.05, 0.1) is 13.2 Å². The summed E-state index contributed by atoms with van der Waals surface area (Å²) in [5.41, 5.74) is 1.20. The van der Waals surface area contributed by atoms with Gasteiger partial charge in [0, 0.05) is 31.1 Å². The molecule has 1 aromatic carbocycles. The number of ether oxygens (including phenoxy) is 2. The normalized spacial score (nSPS) is 26.7. The van der Waals surface area contributed by atoms with Crippen LogP contribution >= 0.6 is 0 Å². The fraction of sp³-hybridized carbons (Fsp3) is 0.650. The number of nitrogens with one attached hydrogen (secondary N) is 1. The van der Waals surface area contributed by atoms with Crippen molar-refractivity contribution in [2.24, 2.45) is 0 Å². The standard InChI is InChI=1S/C20H28N2O3/c1-15(20(8-4-5-9-20)22-10-12-24-13-11-22)21-19(23)18-14-16-6-2-3-7-17(16)25-18/h2-3,6-7,15,18H,4-5,8-14H2,1H3,(H,21,23)/t15-,18+/m1/s1. The minimum atomic E-state index is -0.400. The van der Waals surface area contributed by atoms with Crippen LogP contribution in [0.15, 0.2) is 24.3 Å². The van der Waals surface area contributed by atoms with Gasteiger partial charge in [0.25, 0.3) is 5.91 Å². The van der Waals surface area contributed by atoms with E-state index in [-0.39, 0.29) is 17.5 Å². The van der Waals surface area contributed by atoms with Gasteiger partial charge in [0.15, 0.2) is 6.10 Å². The molecule has 1 saturated carbocycles. The van der Waals surface area contributed by atoms with E-state index in [0.717, 1.165) is 50.5 Å². The van der Waals surface area contributed by atoms with Crippen LogP contribution in [0.1, 0.15) is 38.2 Å². The number of amides is 1. The van der Waals surface area contributed by atoms with Gasteiger partial charge in [-0.25, -0.2) is 0 Å². The molecule has 1 saturated heterocycles. The summed E-state index contributed by atoms with van der Waals surface area (Å²) in [5, 5.41) is 3.29. The lowest BCUT2D eigenvalue weighted by atomic mass is 9.86. The summed E-state index contributed by atoms with van der Waals surface area (Å²) < 4.78 is 11.4. The summed E-state index contributed by atoms with van der Waals surface area (Å²) in [6.07, 6.45) is 5.05. The average molecular weight is 344 g/mol. The molecule has 0 aromatic heterocycles. The van der Waals surface area contributed by atoms with Gasteiger partial charge >= 0.3 is 0 Å². The zero-order valence-electron chi connectivity index (χ0n) is 15.0. The Labute approximate surface area is 149 Å². The van der Waals surface area contributed by atoms with Crippen molar-refractivity contribution in [1.82, 2.24) is 10.2 Å². The zero-order valence-corrected chi connectivity index (χ0v) is 15.0. The minimum Gasteiger partial charge on any atom is -0.480 e. The zero-order chi connectivity index (χ0) is 17.3. The van der Waals surface area contributed by atoms with Crippen molar-refractivity contribution in [3.05, 3.63) is 29.8 Å². The molecule has 136 valence electrons. The Kier molecular flexibility index (Phi) is 4.69. The molecule has 1 aromatic rings. The molecule has 2 atom stereocenters. The summed E-state index contributed by atoms with van der Waals surface area (Å²) >= 11 is 0. The number of carbonyl (C=O) groups is 1. The van der Waals surface area contributed by atoms with Crippen molar-refractivity contribution in [3.63, 3.8) is 0 Å². The van der Waals surface area contributed by atoms with Crippen molar-refractivity contribution in [1.29, 1.82) is 0 Å². The van der Waals surface area contributed by atoms with E-state index in [1.165, 1.54) is 12.8 Å². The lowest BCUT2D eigenvalue weighted by molar-refractivity contribution is -0.129. The average Bonchev–Trinajstić information content (AvgIpc) is 3.30. The van der Waals surface area contributed by atoms with Gasteiger partial charge in [-0.2, -0.15) is 0 Å². The number of carbonyl (C=O) groups excluding carboxylic acids is 1. The van der Waals surface area contributed by atoms with E-state index < -0.39 is 6.10 Å². The van der Waals surface area contributed by atoms with Crippen LogP contribution in [0.4, 0.5) is 0 Å². The van der Waals surface area contributed by atoms with E-state index in [2.05, 4.69) is 17.1 Å². The topological polar surface area (TPSA) is 50.8 Å².